The van der Waals surface area contributed by atoms with Crippen LogP contribution in [0.15, 0.2) is 64.1 Å². The van der Waals surface area contributed by atoms with Gasteiger partial charge in [0.25, 0.3) is 11.6 Å². The van der Waals surface area contributed by atoms with E-state index in [2.05, 4.69) is 10.5 Å². The van der Waals surface area contributed by atoms with Crippen LogP contribution in [0.2, 0.25) is 0 Å². The molecule has 0 spiro atoms. The van der Waals surface area contributed by atoms with Crippen molar-refractivity contribution in [1.82, 2.24) is 5.43 Å². The third-order valence-corrected chi connectivity index (χ3v) is 4.02. The topological polar surface area (TPSA) is 107 Å². The highest BCUT2D eigenvalue weighted by Crippen LogP contribution is 2.28. The van der Waals surface area contributed by atoms with Crippen LogP contribution >= 0.6 is 0 Å². The van der Waals surface area contributed by atoms with Crippen molar-refractivity contribution in [2.75, 3.05) is 7.11 Å². The molecule has 1 amide bonds. The van der Waals surface area contributed by atoms with Gasteiger partial charge < -0.3 is 9.15 Å². The summed E-state index contributed by atoms with van der Waals surface area (Å²) in [6, 6.07) is 14.6. The van der Waals surface area contributed by atoms with Gasteiger partial charge in [0.1, 0.15) is 17.3 Å². The SMILES string of the molecule is COc1ccc(C(=O)N/N=C\c2ccc(-c3ccc([N+](=O)[O-])cc3C)o2)cc1. The summed E-state index contributed by atoms with van der Waals surface area (Å²) in [6.07, 6.45) is 1.38. The molecule has 1 aromatic heterocycles. The van der Waals surface area contributed by atoms with E-state index in [1.165, 1.54) is 18.3 Å². The Balaban J connectivity index is 1.67. The van der Waals surface area contributed by atoms with E-state index >= 15 is 0 Å². The number of carbonyl (C=O) groups excluding carboxylic acids is 1. The van der Waals surface area contributed by atoms with E-state index in [0.29, 0.717) is 22.8 Å². The number of hydrogen-bond acceptors (Lipinski definition) is 6. The number of hydrazone groups is 1. The molecule has 1 heterocycles. The average Bonchev–Trinajstić information content (AvgIpc) is 3.16. The lowest BCUT2D eigenvalue weighted by Crippen LogP contribution is -2.17. The maximum absolute atomic E-state index is 12.0. The molecule has 0 aliphatic rings. The molecule has 142 valence electrons. The highest BCUT2D eigenvalue weighted by atomic mass is 16.6. The molecular weight excluding hydrogens is 362 g/mol. The van der Waals surface area contributed by atoms with E-state index in [4.69, 9.17) is 9.15 Å². The number of amides is 1. The third-order valence-electron chi connectivity index (χ3n) is 4.02. The lowest BCUT2D eigenvalue weighted by atomic mass is 10.1. The molecule has 0 fully saturated rings. The molecule has 0 saturated heterocycles. The summed E-state index contributed by atoms with van der Waals surface area (Å²) in [5.41, 5.74) is 4.35. The molecule has 2 aromatic carbocycles. The molecule has 0 aliphatic carbocycles. The quantitative estimate of drug-likeness (QED) is 0.397. The Morgan fingerprint density at radius 3 is 2.57 bits per heavy atom. The number of furan rings is 1. The van der Waals surface area contributed by atoms with Crippen molar-refractivity contribution >= 4 is 17.8 Å². The molecule has 0 unspecified atom stereocenters. The molecular formula is C20H17N3O5. The van der Waals surface area contributed by atoms with Crippen molar-refractivity contribution in [2.24, 2.45) is 5.10 Å². The van der Waals surface area contributed by atoms with E-state index < -0.39 is 4.92 Å². The first-order chi connectivity index (χ1) is 13.5. The first-order valence-corrected chi connectivity index (χ1v) is 8.30. The Morgan fingerprint density at radius 2 is 1.93 bits per heavy atom. The molecule has 3 aromatic rings. The molecule has 0 saturated carbocycles. The molecule has 0 radical (unpaired) electrons. The van der Waals surface area contributed by atoms with Crippen LogP contribution in [0, 0.1) is 17.0 Å². The second-order valence-electron chi connectivity index (χ2n) is 5.89. The Hall–Kier alpha value is -3.94. The first-order valence-electron chi connectivity index (χ1n) is 8.30. The van der Waals surface area contributed by atoms with Gasteiger partial charge in [0, 0.05) is 23.3 Å². The number of nitrogens with zero attached hydrogens (tertiary/aromatic N) is 2. The second kappa shape index (κ2) is 8.17. The van der Waals surface area contributed by atoms with Gasteiger partial charge in [0.05, 0.1) is 18.2 Å². The fourth-order valence-corrected chi connectivity index (χ4v) is 2.57. The number of nitro benzene ring substituents is 1. The summed E-state index contributed by atoms with van der Waals surface area (Å²) in [7, 11) is 1.55. The van der Waals surface area contributed by atoms with Crippen LogP contribution < -0.4 is 10.2 Å². The van der Waals surface area contributed by atoms with Crippen LogP contribution in [-0.2, 0) is 0 Å². The van der Waals surface area contributed by atoms with Crippen molar-refractivity contribution in [3.05, 3.63) is 81.6 Å². The second-order valence-corrected chi connectivity index (χ2v) is 5.89. The van der Waals surface area contributed by atoms with Crippen molar-refractivity contribution in [3.63, 3.8) is 0 Å². The zero-order valence-electron chi connectivity index (χ0n) is 15.2. The predicted octanol–water partition coefficient (Wildman–Crippen LogP) is 3.94. The van der Waals surface area contributed by atoms with Crippen LogP contribution in [0.3, 0.4) is 0 Å². The first kappa shape index (κ1) is 18.8. The van der Waals surface area contributed by atoms with Gasteiger partial charge in [-0.3, -0.25) is 14.9 Å². The van der Waals surface area contributed by atoms with Gasteiger partial charge in [-0.1, -0.05) is 0 Å². The number of hydrogen-bond donors (Lipinski definition) is 1. The fourth-order valence-electron chi connectivity index (χ4n) is 2.57. The summed E-state index contributed by atoms with van der Waals surface area (Å²) >= 11 is 0. The summed E-state index contributed by atoms with van der Waals surface area (Å²) in [6.45, 7) is 1.77. The van der Waals surface area contributed by atoms with E-state index in [1.54, 1.807) is 56.5 Å². The number of aryl methyl sites for hydroxylation is 1. The normalized spacial score (nSPS) is 10.8. The van der Waals surface area contributed by atoms with Crippen molar-refractivity contribution in [3.8, 4) is 17.1 Å². The maximum atomic E-state index is 12.0. The number of nitro groups is 1. The van der Waals surface area contributed by atoms with Gasteiger partial charge in [-0.25, -0.2) is 5.43 Å². The minimum atomic E-state index is -0.442. The highest BCUT2D eigenvalue weighted by molar-refractivity contribution is 5.94. The number of nitrogens with one attached hydrogen (secondary N) is 1. The molecule has 8 nitrogen and oxygen atoms in total. The van der Waals surface area contributed by atoms with Gasteiger partial charge in [0.15, 0.2) is 0 Å². The fraction of sp³-hybridized carbons (Fsp3) is 0.100. The standard InChI is InChI=1S/C20H17N3O5/c1-13-11-15(23(25)26)5-9-18(13)19-10-8-17(28-19)12-21-22-20(24)14-3-6-16(27-2)7-4-14/h3-12H,1-2H3,(H,22,24)/b21-12-. The maximum Gasteiger partial charge on any atom is 0.271 e. The Kier molecular flexibility index (Phi) is 5.50. The summed E-state index contributed by atoms with van der Waals surface area (Å²) < 4.78 is 10.7. The third kappa shape index (κ3) is 4.24. The van der Waals surface area contributed by atoms with Gasteiger partial charge >= 0.3 is 0 Å². The lowest BCUT2D eigenvalue weighted by molar-refractivity contribution is -0.384. The van der Waals surface area contributed by atoms with Crippen LogP contribution in [-0.4, -0.2) is 24.2 Å². The Labute approximate surface area is 160 Å². The van der Waals surface area contributed by atoms with Crippen molar-refractivity contribution < 1.29 is 18.9 Å². The predicted molar refractivity (Wildman–Crippen MR) is 104 cm³/mol. The van der Waals surface area contributed by atoms with Crippen LogP contribution in [0.1, 0.15) is 21.7 Å². The minimum Gasteiger partial charge on any atom is -0.497 e. The summed E-state index contributed by atoms with van der Waals surface area (Å²) in [5, 5.41) is 14.7. The zero-order valence-corrected chi connectivity index (χ0v) is 15.2. The number of non-ortho nitro benzene ring substituents is 1. The Morgan fingerprint density at radius 1 is 1.18 bits per heavy atom. The summed E-state index contributed by atoms with van der Waals surface area (Å²) in [4.78, 5) is 22.4. The molecule has 28 heavy (non-hydrogen) atoms. The zero-order chi connectivity index (χ0) is 20.1. The minimum absolute atomic E-state index is 0.0239. The van der Waals surface area contributed by atoms with Crippen LogP contribution in [0.5, 0.6) is 5.75 Å². The van der Waals surface area contributed by atoms with Crippen LogP contribution in [0.4, 0.5) is 5.69 Å². The summed E-state index contributed by atoms with van der Waals surface area (Å²) in [5.74, 6) is 1.28. The number of rotatable bonds is 6. The number of benzene rings is 2. The number of ether oxygens (including phenoxy) is 1. The van der Waals surface area contributed by atoms with Crippen molar-refractivity contribution in [1.29, 1.82) is 0 Å². The van der Waals surface area contributed by atoms with Gasteiger partial charge in [0.2, 0.25) is 0 Å². The van der Waals surface area contributed by atoms with E-state index in [9.17, 15) is 14.9 Å². The van der Waals surface area contributed by atoms with Crippen molar-refractivity contribution in [2.45, 2.75) is 6.92 Å². The molecule has 3 rings (SSSR count). The molecule has 0 aliphatic heterocycles. The molecule has 8 heteroatoms. The molecule has 1 N–H and O–H groups in total. The smallest absolute Gasteiger partial charge is 0.271 e. The van der Waals surface area contributed by atoms with E-state index in [0.717, 1.165) is 11.1 Å². The number of methoxy groups -OCH3 is 1. The average molecular weight is 379 g/mol. The monoisotopic (exact) mass is 379 g/mol. The van der Waals surface area contributed by atoms with E-state index in [-0.39, 0.29) is 11.6 Å². The van der Waals surface area contributed by atoms with Crippen LogP contribution in [0.25, 0.3) is 11.3 Å². The molecule has 0 atom stereocenters. The number of carbonyl (C=O) groups is 1. The van der Waals surface area contributed by atoms with E-state index in [1.807, 2.05) is 0 Å². The van der Waals surface area contributed by atoms with Gasteiger partial charge in [-0.2, -0.15) is 5.10 Å². The molecule has 0 bridgehead atoms. The lowest BCUT2D eigenvalue weighted by Gasteiger charge is -2.02. The van der Waals surface area contributed by atoms with Gasteiger partial charge in [-0.15, -0.1) is 0 Å². The Bertz CT molecular complexity index is 1040. The highest BCUT2D eigenvalue weighted by Gasteiger charge is 2.12. The largest absolute Gasteiger partial charge is 0.497 e. The van der Waals surface area contributed by atoms with Gasteiger partial charge in [-0.05, 0) is 55.0 Å².